The molecule has 0 heterocycles. The SMILES string of the molecule is N#CC(=C=N)C(=S)[Se]. The maximum atomic E-state index is 8.12. The summed E-state index contributed by atoms with van der Waals surface area (Å²) in [5.74, 6) is 1.88. The Morgan fingerprint density at radius 1 is 1.75 bits per heavy atom. The first-order valence-corrected chi connectivity index (χ1v) is 2.90. The van der Waals surface area contributed by atoms with Crippen LogP contribution in [0.5, 0.6) is 0 Å². The first kappa shape index (κ1) is 7.55. The van der Waals surface area contributed by atoms with Crippen molar-refractivity contribution in [3.8, 4) is 6.07 Å². The summed E-state index contributed by atoms with van der Waals surface area (Å²) in [6.07, 6.45) is 0. The van der Waals surface area contributed by atoms with Gasteiger partial charge in [-0.3, -0.25) is 0 Å². The minimum absolute atomic E-state index is 0.0833. The number of nitrogens with one attached hydrogen (secondary N) is 1. The minimum atomic E-state index is 0.0833. The van der Waals surface area contributed by atoms with Crippen molar-refractivity contribution in [2.24, 2.45) is 0 Å². The molecular weight excluding hydrogens is 187 g/mol. The average molecular weight is 188 g/mol. The van der Waals surface area contributed by atoms with Gasteiger partial charge in [-0.15, -0.1) is 0 Å². The monoisotopic (exact) mass is 189 g/mol. The van der Waals surface area contributed by atoms with E-state index >= 15 is 0 Å². The number of rotatable bonds is 1. The van der Waals surface area contributed by atoms with E-state index in [-0.39, 0.29) is 5.57 Å². The topological polar surface area (TPSA) is 47.6 Å². The molecule has 8 heavy (non-hydrogen) atoms. The van der Waals surface area contributed by atoms with Gasteiger partial charge in [-0.05, 0) is 0 Å². The molecule has 0 bridgehead atoms. The quantitative estimate of drug-likeness (QED) is 0.210. The molecule has 1 N–H and O–H groups in total. The Labute approximate surface area is 60.5 Å². The van der Waals surface area contributed by atoms with E-state index in [4.69, 9.17) is 10.7 Å². The van der Waals surface area contributed by atoms with Crippen LogP contribution in [0.1, 0.15) is 0 Å². The van der Waals surface area contributed by atoms with Gasteiger partial charge >= 0.3 is 60.2 Å². The van der Waals surface area contributed by atoms with Crippen LogP contribution in [0.2, 0.25) is 0 Å². The van der Waals surface area contributed by atoms with Crippen LogP contribution in [0.25, 0.3) is 0 Å². The number of nitriles is 1. The van der Waals surface area contributed by atoms with E-state index in [1.807, 2.05) is 5.87 Å². The van der Waals surface area contributed by atoms with E-state index in [0.717, 1.165) is 0 Å². The molecule has 2 nitrogen and oxygen atoms in total. The van der Waals surface area contributed by atoms with Gasteiger partial charge in [-0.1, -0.05) is 0 Å². The van der Waals surface area contributed by atoms with E-state index < -0.39 is 0 Å². The van der Waals surface area contributed by atoms with Crippen molar-refractivity contribution in [1.82, 2.24) is 0 Å². The van der Waals surface area contributed by atoms with Gasteiger partial charge in [0.05, 0.1) is 0 Å². The van der Waals surface area contributed by atoms with E-state index in [2.05, 4.69) is 28.2 Å². The summed E-state index contributed by atoms with van der Waals surface area (Å²) in [5, 5.41) is 14.6. The number of nitrogens with zero attached hydrogens (tertiary/aromatic N) is 1. The third-order valence-corrected chi connectivity index (χ3v) is 1.07. The molecule has 0 aromatic heterocycles. The predicted octanol–water partition coefficient (Wildman–Crippen LogP) is 0.181. The fourth-order valence-corrected chi connectivity index (χ4v) is 0.424. The molecule has 0 spiro atoms. The second-order valence-corrected chi connectivity index (χ2v) is 2.75. The molecule has 0 aliphatic heterocycles. The Kier molecular flexibility index (Phi) is 3.34. The van der Waals surface area contributed by atoms with Crippen LogP contribution >= 0.6 is 12.2 Å². The average Bonchev–Trinajstić information content (AvgIpc) is 1.69. The predicted molar refractivity (Wildman–Crippen MR) is 35.2 cm³/mol. The summed E-state index contributed by atoms with van der Waals surface area (Å²) in [7, 11) is 0. The van der Waals surface area contributed by atoms with Crippen molar-refractivity contribution in [3.05, 3.63) is 5.57 Å². The Morgan fingerprint density at radius 3 is 2.25 bits per heavy atom. The molecule has 0 rings (SSSR count). The molecule has 0 aromatic carbocycles. The second-order valence-electron chi connectivity index (χ2n) is 0.899. The number of thiocarbonyl (C=S) groups is 1. The van der Waals surface area contributed by atoms with Gasteiger partial charge in [0.2, 0.25) is 0 Å². The Balaban J connectivity index is 4.46. The van der Waals surface area contributed by atoms with Crippen molar-refractivity contribution in [2.75, 3.05) is 0 Å². The van der Waals surface area contributed by atoms with Crippen molar-refractivity contribution in [3.63, 3.8) is 0 Å². The van der Waals surface area contributed by atoms with E-state index in [1.165, 1.54) is 0 Å². The first-order chi connectivity index (χ1) is 3.72. The molecule has 1 radical (unpaired) electrons. The maximum absolute atomic E-state index is 8.12. The van der Waals surface area contributed by atoms with Crippen molar-refractivity contribution >= 4 is 37.9 Å². The third kappa shape index (κ3) is 2.02. The van der Waals surface area contributed by atoms with Crippen LogP contribution < -0.4 is 0 Å². The Hall–Kier alpha value is -0.451. The van der Waals surface area contributed by atoms with Gasteiger partial charge < -0.3 is 0 Å². The van der Waals surface area contributed by atoms with Gasteiger partial charge in [0.1, 0.15) is 0 Å². The summed E-state index contributed by atoms with van der Waals surface area (Å²) in [4.78, 5) is 0. The zero-order valence-electron chi connectivity index (χ0n) is 3.76. The molecule has 0 unspecified atom stereocenters. The Morgan fingerprint density at radius 2 is 2.25 bits per heavy atom. The molecule has 0 amide bonds. The van der Waals surface area contributed by atoms with E-state index in [9.17, 15) is 0 Å². The standard InChI is InChI=1S/C4HN2SSe/c5-1-3(2-6)4(7)8/h5H. The number of hydrogen-bond donors (Lipinski definition) is 1. The van der Waals surface area contributed by atoms with Gasteiger partial charge in [0.25, 0.3) is 0 Å². The van der Waals surface area contributed by atoms with Gasteiger partial charge in [-0.2, -0.15) is 0 Å². The summed E-state index contributed by atoms with van der Waals surface area (Å²) < 4.78 is 0.294. The van der Waals surface area contributed by atoms with Crippen LogP contribution in [0, 0.1) is 16.7 Å². The van der Waals surface area contributed by atoms with Crippen molar-refractivity contribution < 1.29 is 0 Å². The number of allylic oxidation sites excluding steroid dienone is 1. The Bertz CT molecular complexity index is 197. The van der Waals surface area contributed by atoms with Crippen LogP contribution in [0.15, 0.2) is 5.57 Å². The number of hydrogen-bond acceptors (Lipinski definition) is 3. The van der Waals surface area contributed by atoms with Crippen LogP contribution in [-0.2, 0) is 0 Å². The van der Waals surface area contributed by atoms with Crippen LogP contribution in [-0.4, -0.2) is 25.6 Å². The third-order valence-electron chi connectivity index (χ3n) is 0.441. The first-order valence-electron chi connectivity index (χ1n) is 1.63. The molecule has 0 atom stereocenters. The van der Waals surface area contributed by atoms with Gasteiger partial charge in [0, 0.05) is 0 Å². The molecule has 0 fully saturated rings. The molecule has 0 aromatic rings. The molecule has 0 aliphatic carbocycles. The van der Waals surface area contributed by atoms with Gasteiger partial charge in [-0.25, -0.2) is 0 Å². The van der Waals surface area contributed by atoms with E-state index in [1.54, 1.807) is 6.07 Å². The molecule has 0 aliphatic rings. The molecule has 4 heteroatoms. The van der Waals surface area contributed by atoms with Gasteiger partial charge in [0.15, 0.2) is 0 Å². The normalized spacial score (nSPS) is 6.38. The van der Waals surface area contributed by atoms with Crippen LogP contribution in [0.3, 0.4) is 0 Å². The van der Waals surface area contributed by atoms with E-state index in [0.29, 0.717) is 3.76 Å². The molecule has 39 valence electrons. The van der Waals surface area contributed by atoms with Crippen LogP contribution in [0.4, 0.5) is 0 Å². The molecule has 0 saturated carbocycles. The fourth-order valence-electron chi connectivity index (χ4n) is 0.125. The molecular formula is C4HN2SSe. The fraction of sp³-hybridized carbons (Fsp3) is 0. The van der Waals surface area contributed by atoms with Crippen molar-refractivity contribution in [1.29, 1.82) is 10.7 Å². The summed E-state index contributed by atoms with van der Waals surface area (Å²) in [6.45, 7) is 0. The molecule has 0 saturated heterocycles. The zero-order valence-corrected chi connectivity index (χ0v) is 6.29. The van der Waals surface area contributed by atoms with Crippen molar-refractivity contribution in [2.45, 2.75) is 0 Å². The second kappa shape index (κ2) is 3.54. The summed E-state index contributed by atoms with van der Waals surface area (Å²) in [5.41, 5.74) is 0.0833. The summed E-state index contributed by atoms with van der Waals surface area (Å²) >= 11 is 6.95. The summed E-state index contributed by atoms with van der Waals surface area (Å²) in [6, 6.07) is 1.70. The zero-order chi connectivity index (χ0) is 6.57.